The number of rotatable bonds is 1. The molecule has 18 heavy (non-hydrogen) atoms. The van der Waals surface area contributed by atoms with E-state index in [0.717, 1.165) is 14.6 Å². The van der Waals surface area contributed by atoms with Crippen LogP contribution in [0.4, 0.5) is 0 Å². The van der Waals surface area contributed by atoms with Gasteiger partial charge in [-0.15, -0.1) is 0 Å². The highest BCUT2D eigenvalue weighted by atomic mass is 127. The molecule has 3 rings (SSSR count). The van der Waals surface area contributed by atoms with Crippen LogP contribution in [0.2, 0.25) is 0 Å². The highest BCUT2D eigenvalue weighted by molar-refractivity contribution is 14.1. The van der Waals surface area contributed by atoms with E-state index >= 15 is 0 Å². The third-order valence-electron chi connectivity index (χ3n) is 2.98. The van der Waals surface area contributed by atoms with Crippen LogP contribution in [-0.4, -0.2) is 19.5 Å². The molecular formula is C13H11IN4. The number of imidazole rings is 1. The maximum Gasteiger partial charge on any atom is 0.235 e. The van der Waals surface area contributed by atoms with Gasteiger partial charge < -0.3 is 0 Å². The largest absolute Gasteiger partial charge is 0.267 e. The number of hydrogen-bond acceptors (Lipinski definition) is 3. The van der Waals surface area contributed by atoms with Crippen molar-refractivity contribution in [2.45, 2.75) is 13.8 Å². The Bertz CT molecular complexity index is 716. The first-order valence-electron chi connectivity index (χ1n) is 5.57. The van der Waals surface area contributed by atoms with Gasteiger partial charge in [0.25, 0.3) is 0 Å². The van der Waals surface area contributed by atoms with Crippen LogP contribution in [0.5, 0.6) is 0 Å². The molecule has 0 saturated heterocycles. The second-order valence-corrected chi connectivity index (χ2v) is 5.49. The second kappa shape index (κ2) is 4.31. The molecule has 2 heterocycles. The number of aromatic nitrogens is 4. The monoisotopic (exact) mass is 350 g/mol. The molecule has 0 aliphatic carbocycles. The summed E-state index contributed by atoms with van der Waals surface area (Å²) in [4.78, 5) is 13.1. The fourth-order valence-corrected chi connectivity index (χ4v) is 2.13. The van der Waals surface area contributed by atoms with Gasteiger partial charge in [0, 0.05) is 16.0 Å². The number of fused-ring (bicyclic) bond motifs is 1. The summed E-state index contributed by atoms with van der Waals surface area (Å²) >= 11 is 2.19. The Labute approximate surface area is 118 Å². The third-order valence-corrected chi connectivity index (χ3v) is 3.54. The Balaban J connectivity index is 2.23. The predicted octanol–water partition coefficient (Wildman–Crippen LogP) is 3.04. The van der Waals surface area contributed by atoms with Crippen molar-refractivity contribution < 1.29 is 0 Å². The topological polar surface area (TPSA) is 43.6 Å². The molecule has 0 spiro atoms. The Morgan fingerprint density at radius 2 is 1.67 bits per heavy atom. The normalized spacial score (nSPS) is 11.1. The predicted molar refractivity (Wildman–Crippen MR) is 78.9 cm³/mol. The van der Waals surface area contributed by atoms with E-state index in [1.165, 1.54) is 11.1 Å². The summed E-state index contributed by atoms with van der Waals surface area (Å²) in [5, 5.41) is 0. The molecule has 0 radical (unpaired) electrons. The van der Waals surface area contributed by atoms with E-state index in [9.17, 15) is 0 Å². The van der Waals surface area contributed by atoms with Crippen molar-refractivity contribution >= 4 is 33.6 Å². The minimum absolute atomic E-state index is 0.654. The average Bonchev–Trinajstić information content (AvgIpc) is 2.74. The molecule has 4 nitrogen and oxygen atoms in total. The van der Waals surface area contributed by atoms with Crippen LogP contribution in [-0.2, 0) is 0 Å². The molecule has 90 valence electrons. The molecule has 2 aromatic heterocycles. The molecule has 0 saturated carbocycles. The molecule has 3 aromatic rings. The van der Waals surface area contributed by atoms with Crippen molar-refractivity contribution in [3.63, 3.8) is 0 Å². The first-order valence-corrected chi connectivity index (χ1v) is 6.65. The highest BCUT2D eigenvalue weighted by Crippen LogP contribution is 2.20. The summed E-state index contributed by atoms with van der Waals surface area (Å²) in [6, 6.07) is 4.22. The van der Waals surface area contributed by atoms with Gasteiger partial charge >= 0.3 is 0 Å². The molecule has 1 aromatic carbocycles. The lowest BCUT2D eigenvalue weighted by atomic mass is 10.1. The fourth-order valence-electron chi connectivity index (χ4n) is 1.85. The minimum atomic E-state index is 0.654. The lowest BCUT2D eigenvalue weighted by Crippen LogP contribution is -1.99. The summed E-state index contributed by atoms with van der Waals surface area (Å²) in [5.41, 5.74) is 4.51. The van der Waals surface area contributed by atoms with E-state index in [0.29, 0.717) is 5.95 Å². The molecular weight excluding hydrogens is 339 g/mol. The van der Waals surface area contributed by atoms with E-state index in [1.807, 2.05) is 4.57 Å². The van der Waals surface area contributed by atoms with Gasteiger partial charge in [-0.1, -0.05) is 0 Å². The van der Waals surface area contributed by atoms with Gasteiger partial charge in [0.05, 0.1) is 11.0 Å². The quantitative estimate of drug-likeness (QED) is 0.634. The standard InChI is InChI=1S/C13H11IN4/c1-8-3-11-12(4-9(8)2)18(7-17-11)13-15-5-10(14)6-16-13/h3-7H,1-2H3. The summed E-state index contributed by atoms with van der Waals surface area (Å²) in [6.07, 6.45) is 5.37. The van der Waals surface area contributed by atoms with Gasteiger partial charge in [0.1, 0.15) is 6.33 Å². The number of aryl methyl sites for hydroxylation is 2. The number of nitrogens with zero attached hydrogens (tertiary/aromatic N) is 4. The van der Waals surface area contributed by atoms with Gasteiger partial charge in [-0.3, -0.25) is 4.57 Å². The zero-order valence-corrected chi connectivity index (χ0v) is 12.2. The molecule has 0 amide bonds. The maximum atomic E-state index is 4.40. The van der Waals surface area contributed by atoms with Crippen molar-refractivity contribution in [3.05, 3.63) is 45.6 Å². The lowest BCUT2D eigenvalue weighted by molar-refractivity contribution is 0.943. The molecule has 0 bridgehead atoms. The van der Waals surface area contributed by atoms with E-state index in [1.54, 1.807) is 18.7 Å². The Morgan fingerprint density at radius 3 is 2.39 bits per heavy atom. The Kier molecular flexibility index (Phi) is 2.77. The van der Waals surface area contributed by atoms with Gasteiger partial charge in [0.15, 0.2) is 0 Å². The van der Waals surface area contributed by atoms with Crippen molar-refractivity contribution in [3.8, 4) is 5.95 Å². The van der Waals surface area contributed by atoms with Crippen LogP contribution in [0, 0.1) is 17.4 Å². The Hall–Kier alpha value is -1.50. The first-order chi connectivity index (χ1) is 8.65. The molecule has 0 N–H and O–H groups in total. The van der Waals surface area contributed by atoms with Crippen molar-refractivity contribution in [1.82, 2.24) is 19.5 Å². The Morgan fingerprint density at radius 1 is 1.00 bits per heavy atom. The van der Waals surface area contributed by atoms with Crippen LogP contribution >= 0.6 is 22.6 Å². The fraction of sp³-hybridized carbons (Fsp3) is 0.154. The van der Waals surface area contributed by atoms with Crippen LogP contribution in [0.1, 0.15) is 11.1 Å². The minimum Gasteiger partial charge on any atom is -0.267 e. The lowest BCUT2D eigenvalue weighted by Gasteiger charge is -2.04. The van der Waals surface area contributed by atoms with E-state index in [4.69, 9.17) is 0 Å². The van der Waals surface area contributed by atoms with Crippen LogP contribution in [0.25, 0.3) is 17.0 Å². The SMILES string of the molecule is Cc1cc2ncn(-c3ncc(I)cn3)c2cc1C. The van der Waals surface area contributed by atoms with Gasteiger partial charge in [0.2, 0.25) is 5.95 Å². The zero-order chi connectivity index (χ0) is 12.7. The molecule has 0 aliphatic rings. The molecule has 5 heteroatoms. The van der Waals surface area contributed by atoms with Crippen molar-refractivity contribution in [1.29, 1.82) is 0 Å². The zero-order valence-electron chi connectivity index (χ0n) is 10.1. The molecule has 0 unspecified atom stereocenters. The van der Waals surface area contributed by atoms with Gasteiger partial charge in [-0.05, 0) is 59.7 Å². The number of halogens is 1. The number of benzene rings is 1. The summed E-state index contributed by atoms with van der Waals surface area (Å²) in [7, 11) is 0. The van der Waals surface area contributed by atoms with Gasteiger partial charge in [-0.25, -0.2) is 15.0 Å². The molecule has 0 aliphatic heterocycles. The average molecular weight is 350 g/mol. The maximum absolute atomic E-state index is 4.40. The van der Waals surface area contributed by atoms with Crippen LogP contribution in [0.15, 0.2) is 30.9 Å². The second-order valence-electron chi connectivity index (χ2n) is 4.24. The van der Waals surface area contributed by atoms with E-state index in [-0.39, 0.29) is 0 Å². The summed E-state index contributed by atoms with van der Waals surface area (Å²) in [6.45, 7) is 4.19. The van der Waals surface area contributed by atoms with Crippen LogP contribution in [0.3, 0.4) is 0 Å². The van der Waals surface area contributed by atoms with E-state index < -0.39 is 0 Å². The number of hydrogen-bond donors (Lipinski definition) is 0. The molecule has 0 atom stereocenters. The van der Waals surface area contributed by atoms with Gasteiger partial charge in [-0.2, -0.15) is 0 Å². The highest BCUT2D eigenvalue weighted by Gasteiger charge is 2.08. The smallest absolute Gasteiger partial charge is 0.235 e. The van der Waals surface area contributed by atoms with Crippen LogP contribution < -0.4 is 0 Å². The third kappa shape index (κ3) is 1.88. The van der Waals surface area contributed by atoms with Crippen molar-refractivity contribution in [2.24, 2.45) is 0 Å². The van der Waals surface area contributed by atoms with Crippen molar-refractivity contribution in [2.75, 3.05) is 0 Å². The van der Waals surface area contributed by atoms with E-state index in [2.05, 4.69) is 63.5 Å². The summed E-state index contributed by atoms with van der Waals surface area (Å²) in [5.74, 6) is 0.654. The summed E-state index contributed by atoms with van der Waals surface area (Å²) < 4.78 is 2.94. The first kappa shape index (κ1) is 11.6. The molecule has 0 fully saturated rings.